The van der Waals surface area contributed by atoms with Gasteiger partial charge in [-0.05, 0) is 29.8 Å². The van der Waals surface area contributed by atoms with Gasteiger partial charge in [-0.2, -0.15) is 9.88 Å². The van der Waals surface area contributed by atoms with E-state index in [2.05, 4.69) is 15.1 Å². The minimum atomic E-state index is -4.33. The van der Waals surface area contributed by atoms with Gasteiger partial charge in [-0.25, -0.2) is 22.1 Å². The summed E-state index contributed by atoms with van der Waals surface area (Å²) in [5, 5.41) is 6.22. The molecule has 0 aliphatic rings. The van der Waals surface area contributed by atoms with Crippen LogP contribution in [-0.4, -0.2) is 18.0 Å². The monoisotopic (exact) mass is 479 g/mol. The Labute approximate surface area is 184 Å². The van der Waals surface area contributed by atoms with E-state index in [0.29, 0.717) is 11.0 Å². The molecule has 0 spiro atoms. The second kappa shape index (κ2) is 10.1. The Balaban J connectivity index is 1.99. The molecular weight excluding hydrogens is 465 g/mol. The summed E-state index contributed by atoms with van der Waals surface area (Å²) in [5.74, 6) is -7.30. The minimum absolute atomic E-state index is 0.131. The molecule has 13 heteroatoms. The SMILES string of the molecule is CN(/N=C/c1c(F)c(F)c(N=[N+]=[N-])c(F)c1F)P(=O)(Oc1ccccc1)Oc1ccccc1. The van der Waals surface area contributed by atoms with Crippen LogP contribution in [0.25, 0.3) is 10.4 Å². The van der Waals surface area contributed by atoms with Crippen LogP contribution in [0.2, 0.25) is 0 Å². The van der Waals surface area contributed by atoms with E-state index in [0.717, 1.165) is 7.05 Å². The molecule has 0 radical (unpaired) electrons. The molecule has 0 unspecified atom stereocenters. The molecule has 8 nitrogen and oxygen atoms in total. The van der Waals surface area contributed by atoms with Crippen LogP contribution in [0.3, 0.4) is 0 Å². The van der Waals surface area contributed by atoms with E-state index in [1.165, 1.54) is 24.3 Å². The number of nitrogens with zero attached hydrogens (tertiary/aromatic N) is 5. The van der Waals surface area contributed by atoms with Gasteiger partial charge in [0.25, 0.3) is 0 Å². The van der Waals surface area contributed by atoms with Crippen LogP contribution in [0.5, 0.6) is 11.5 Å². The predicted octanol–water partition coefficient (Wildman–Crippen LogP) is 6.72. The van der Waals surface area contributed by atoms with Crippen molar-refractivity contribution in [3.05, 3.63) is 99.9 Å². The lowest BCUT2D eigenvalue weighted by molar-refractivity contribution is 0.312. The average Bonchev–Trinajstić information content (AvgIpc) is 2.81. The summed E-state index contributed by atoms with van der Waals surface area (Å²) >= 11 is 0. The fraction of sp³-hybridized carbons (Fsp3) is 0.0500. The van der Waals surface area contributed by atoms with Gasteiger partial charge in [0.15, 0.2) is 23.3 Å². The first-order chi connectivity index (χ1) is 15.8. The number of hydrogen-bond acceptors (Lipinski definition) is 5. The maximum atomic E-state index is 14.3. The van der Waals surface area contributed by atoms with Crippen molar-refractivity contribution in [3.8, 4) is 11.5 Å². The number of benzene rings is 3. The standard InChI is InChI=1S/C20H14F4N5O3P/c1-29(26-12-15-16(21)18(23)20(27-28-25)19(24)17(15)22)33(30,31-13-8-4-2-5-9-13)32-14-10-6-3-7-11-14/h2-12H,1H3/b26-12+. The summed E-state index contributed by atoms with van der Waals surface area (Å²) in [6, 6.07) is 15.7. The van der Waals surface area contributed by atoms with Crippen LogP contribution in [0, 0.1) is 23.3 Å². The van der Waals surface area contributed by atoms with Gasteiger partial charge in [0.1, 0.15) is 17.2 Å². The van der Waals surface area contributed by atoms with E-state index in [1.807, 2.05) is 0 Å². The smallest absolute Gasteiger partial charge is 0.399 e. The number of hydrazone groups is 1. The highest BCUT2D eigenvalue weighted by Gasteiger charge is 2.35. The first-order valence-electron chi connectivity index (χ1n) is 9.05. The van der Waals surface area contributed by atoms with Gasteiger partial charge in [-0.3, -0.25) is 0 Å². The van der Waals surface area contributed by atoms with Crippen LogP contribution < -0.4 is 9.05 Å². The molecule has 0 aliphatic heterocycles. The van der Waals surface area contributed by atoms with E-state index in [9.17, 15) is 22.1 Å². The van der Waals surface area contributed by atoms with E-state index < -0.39 is 42.3 Å². The van der Waals surface area contributed by atoms with Gasteiger partial charge in [0, 0.05) is 12.0 Å². The lowest BCUT2D eigenvalue weighted by Crippen LogP contribution is -2.17. The maximum Gasteiger partial charge on any atom is 0.559 e. The van der Waals surface area contributed by atoms with E-state index in [4.69, 9.17) is 14.6 Å². The maximum absolute atomic E-state index is 14.3. The quantitative estimate of drug-likeness (QED) is 0.0523. The van der Waals surface area contributed by atoms with Gasteiger partial charge in [0.05, 0.1) is 11.8 Å². The van der Waals surface area contributed by atoms with Gasteiger partial charge < -0.3 is 9.05 Å². The molecule has 0 amide bonds. The molecule has 33 heavy (non-hydrogen) atoms. The zero-order chi connectivity index (χ0) is 24.0. The van der Waals surface area contributed by atoms with Crippen molar-refractivity contribution >= 4 is 19.6 Å². The minimum Gasteiger partial charge on any atom is -0.399 e. The van der Waals surface area contributed by atoms with Gasteiger partial charge in [0.2, 0.25) is 0 Å². The third-order valence-corrected chi connectivity index (χ3v) is 5.75. The molecular formula is C20H14F4N5O3P. The zero-order valence-electron chi connectivity index (χ0n) is 16.8. The summed E-state index contributed by atoms with van der Waals surface area (Å²) in [4.78, 5) is 2.13. The Morgan fingerprint density at radius 2 is 1.33 bits per heavy atom. The van der Waals surface area contributed by atoms with Crippen LogP contribution in [-0.2, 0) is 4.57 Å². The number of azide groups is 1. The molecule has 0 fully saturated rings. The number of rotatable bonds is 8. The fourth-order valence-electron chi connectivity index (χ4n) is 2.45. The molecule has 3 rings (SSSR count). The van der Waals surface area contributed by atoms with Gasteiger partial charge >= 0.3 is 7.75 Å². The Hall–Kier alpha value is -4.01. The molecule has 0 heterocycles. The first kappa shape index (κ1) is 23.6. The Bertz CT molecular complexity index is 1200. The van der Waals surface area contributed by atoms with Crippen molar-refractivity contribution in [1.82, 2.24) is 4.78 Å². The third-order valence-electron chi connectivity index (χ3n) is 4.06. The molecule has 3 aromatic carbocycles. The number of hydrogen-bond donors (Lipinski definition) is 0. The first-order valence-corrected chi connectivity index (χ1v) is 10.5. The topological polar surface area (TPSA) is 99.9 Å². The van der Waals surface area contributed by atoms with Gasteiger partial charge in [-0.1, -0.05) is 41.5 Å². The van der Waals surface area contributed by atoms with Crippen molar-refractivity contribution < 1.29 is 31.2 Å². The Kier molecular flexibility index (Phi) is 7.22. The molecule has 170 valence electrons. The Morgan fingerprint density at radius 3 is 1.76 bits per heavy atom. The molecule has 0 atom stereocenters. The molecule has 3 aromatic rings. The number of para-hydroxylation sites is 2. The van der Waals surface area contributed by atoms with Crippen LogP contribution in [0.1, 0.15) is 5.56 Å². The van der Waals surface area contributed by atoms with E-state index in [-0.39, 0.29) is 11.5 Å². The van der Waals surface area contributed by atoms with Crippen LogP contribution >= 0.6 is 7.75 Å². The van der Waals surface area contributed by atoms with Crippen LogP contribution in [0.15, 0.2) is 70.9 Å². The lowest BCUT2D eigenvalue weighted by Gasteiger charge is -2.25. The normalized spacial score (nSPS) is 11.2. The number of halogens is 4. The van der Waals surface area contributed by atoms with Crippen molar-refractivity contribution in [3.63, 3.8) is 0 Å². The second-order valence-electron chi connectivity index (χ2n) is 6.22. The second-order valence-corrected chi connectivity index (χ2v) is 8.10. The lowest BCUT2D eigenvalue weighted by atomic mass is 10.1. The summed E-state index contributed by atoms with van der Waals surface area (Å²) in [6.07, 6.45) is 0.395. The highest BCUT2D eigenvalue weighted by molar-refractivity contribution is 7.52. The zero-order valence-corrected chi connectivity index (χ0v) is 17.7. The molecule has 0 N–H and O–H groups in total. The molecule has 0 bridgehead atoms. The summed E-state index contributed by atoms with van der Waals surface area (Å²) in [5.41, 5.74) is 5.61. The molecule has 0 saturated heterocycles. The van der Waals surface area contributed by atoms with Crippen molar-refractivity contribution in [2.45, 2.75) is 0 Å². The van der Waals surface area contributed by atoms with Crippen molar-refractivity contribution in [2.75, 3.05) is 7.05 Å². The van der Waals surface area contributed by atoms with Crippen molar-refractivity contribution in [2.24, 2.45) is 10.2 Å². The highest BCUT2D eigenvalue weighted by Crippen LogP contribution is 2.51. The predicted molar refractivity (Wildman–Crippen MR) is 112 cm³/mol. The molecule has 0 aromatic heterocycles. The third kappa shape index (κ3) is 5.25. The van der Waals surface area contributed by atoms with Crippen molar-refractivity contribution in [1.29, 1.82) is 0 Å². The van der Waals surface area contributed by atoms with Gasteiger partial charge in [-0.15, -0.1) is 0 Å². The summed E-state index contributed by atoms with van der Waals surface area (Å²) < 4.78 is 81.6. The highest BCUT2D eigenvalue weighted by atomic mass is 31.2. The van der Waals surface area contributed by atoms with E-state index >= 15 is 0 Å². The summed E-state index contributed by atoms with van der Waals surface area (Å²) in [7, 11) is -3.22. The molecule has 0 saturated carbocycles. The summed E-state index contributed by atoms with van der Waals surface area (Å²) in [6.45, 7) is 0. The fourth-order valence-corrected chi connectivity index (χ4v) is 3.68. The van der Waals surface area contributed by atoms with E-state index in [1.54, 1.807) is 36.4 Å². The average molecular weight is 479 g/mol. The largest absolute Gasteiger partial charge is 0.559 e. The van der Waals surface area contributed by atoms with Crippen LogP contribution in [0.4, 0.5) is 23.2 Å². The molecule has 0 aliphatic carbocycles. The Morgan fingerprint density at radius 1 is 0.879 bits per heavy atom.